The number of aromatic amines is 1. The van der Waals surface area contributed by atoms with Crippen molar-refractivity contribution in [2.24, 2.45) is 10.9 Å². The zero-order chi connectivity index (χ0) is 22.3. The standard InChI is InChI=1S/C23H28N8O/c1-13-25-21(24)19-22(26-13)32-23(2,3)20(27-19)17-10-8-16(9-11-17)15-6-4-14(5-7-15)12-18-28-30-31-29-18/h8-11,14-15H,4-7,12H2,1-3H3,(H2,24,25,26)(H,28,29,30,31). The summed E-state index contributed by atoms with van der Waals surface area (Å²) in [5, 5.41) is 14.4. The summed E-state index contributed by atoms with van der Waals surface area (Å²) in [6.45, 7) is 5.80. The molecular formula is C23H28N8O. The smallest absolute Gasteiger partial charge is 0.246 e. The van der Waals surface area contributed by atoms with Gasteiger partial charge in [0.25, 0.3) is 0 Å². The van der Waals surface area contributed by atoms with Gasteiger partial charge in [0.2, 0.25) is 5.88 Å². The van der Waals surface area contributed by atoms with Crippen molar-refractivity contribution < 1.29 is 4.74 Å². The number of nitrogens with two attached hydrogens (primary N) is 1. The molecule has 1 aliphatic carbocycles. The van der Waals surface area contributed by atoms with E-state index in [1.807, 2.05) is 13.8 Å². The molecule has 166 valence electrons. The number of nitrogens with one attached hydrogen (secondary N) is 1. The Morgan fingerprint density at radius 3 is 2.53 bits per heavy atom. The molecule has 3 N–H and O–H groups in total. The minimum absolute atomic E-state index is 0.342. The highest BCUT2D eigenvalue weighted by Gasteiger charge is 2.35. The molecular weight excluding hydrogens is 404 g/mol. The molecule has 3 heterocycles. The fourth-order valence-electron chi connectivity index (χ4n) is 4.83. The molecule has 1 fully saturated rings. The van der Waals surface area contributed by atoms with Gasteiger partial charge in [-0.25, -0.2) is 9.98 Å². The molecule has 5 rings (SSSR count). The van der Waals surface area contributed by atoms with Gasteiger partial charge in [0.1, 0.15) is 11.4 Å². The molecule has 9 heteroatoms. The third-order valence-corrected chi connectivity index (χ3v) is 6.50. The van der Waals surface area contributed by atoms with E-state index in [9.17, 15) is 0 Å². The van der Waals surface area contributed by atoms with Crippen LogP contribution < -0.4 is 10.5 Å². The van der Waals surface area contributed by atoms with Crippen molar-refractivity contribution in [2.75, 3.05) is 5.73 Å². The highest BCUT2D eigenvalue weighted by Crippen LogP contribution is 2.40. The number of hydrogen-bond acceptors (Lipinski definition) is 8. The molecule has 0 amide bonds. The lowest BCUT2D eigenvalue weighted by Gasteiger charge is -2.32. The largest absolute Gasteiger partial charge is 0.463 e. The Labute approximate surface area is 186 Å². The molecule has 0 atom stereocenters. The summed E-state index contributed by atoms with van der Waals surface area (Å²) in [7, 11) is 0. The predicted molar refractivity (Wildman–Crippen MR) is 121 cm³/mol. The Kier molecular flexibility index (Phi) is 5.11. The van der Waals surface area contributed by atoms with Gasteiger partial charge in [-0.1, -0.05) is 29.5 Å². The van der Waals surface area contributed by atoms with Crippen LogP contribution in [0, 0.1) is 12.8 Å². The van der Waals surface area contributed by atoms with Crippen LogP contribution in [0.25, 0.3) is 0 Å². The Bertz CT molecular complexity index is 1130. The van der Waals surface area contributed by atoms with Crippen LogP contribution in [0.4, 0.5) is 11.5 Å². The van der Waals surface area contributed by atoms with Crippen LogP contribution in [0.5, 0.6) is 5.88 Å². The van der Waals surface area contributed by atoms with E-state index < -0.39 is 5.60 Å². The van der Waals surface area contributed by atoms with Crippen molar-refractivity contribution in [3.05, 3.63) is 47.0 Å². The summed E-state index contributed by atoms with van der Waals surface area (Å²) in [6, 6.07) is 8.73. The van der Waals surface area contributed by atoms with Gasteiger partial charge in [-0.15, -0.1) is 10.2 Å². The first-order valence-corrected chi connectivity index (χ1v) is 11.1. The van der Waals surface area contributed by atoms with Gasteiger partial charge in [-0.05, 0) is 63.9 Å². The van der Waals surface area contributed by atoms with Gasteiger partial charge in [-0.3, -0.25) is 0 Å². The zero-order valence-corrected chi connectivity index (χ0v) is 18.7. The van der Waals surface area contributed by atoms with Gasteiger partial charge in [0.15, 0.2) is 17.3 Å². The van der Waals surface area contributed by atoms with Crippen LogP contribution >= 0.6 is 0 Å². The summed E-state index contributed by atoms with van der Waals surface area (Å²) in [6.07, 6.45) is 5.63. The van der Waals surface area contributed by atoms with Crippen molar-refractivity contribution in [2.45, 2.75) is 64.4 Å². The Morgan fingerprint density at radius 2 is 1.84 bits per heavy atom. The lowest BCUT2D eigenvalue weighted by atomic mass is 9.77. The van der Waals surface area contributed by atoms with Crippen molar-refractivity contribution in [1.82, 2.24) is 30.6 Å². The first-order valence-electron chi connectivity index (χ1n) is 11.1. The van der Waals surface area contributed by atoms with Crippen LogP contribution in [-0.2, 0) is 6.42 Å². The number of benzene rings is 1. The van der Waals surface area contributed by atoms with Crippen LogP contribution in [0.15, 0.2) is 29.3 Å². The van der Waals surface area contributed by atoms with E-state index in [1.165, 1.54) is 31.2 Å². The van der Waals surface area contributed by atoms with E-state index in [-0.39, 0.29) is 0 Å². The van der Waals surface area contributed by atoms with Crippen LogP contribution in [-0.4, -0.2) is 41.9 Å². The number of aryl methyl sites for hydroxylation is 1. The van der Waals surface area contributed by atoms with E-state index in [4.69, 9.17) is 15.5 Å². The Hall–Kier alpha value is -3.36. The summed E-state index contributed by atoms with van der Waals surface area (Å²) in [4.78, 5) is 13.4. The molecule has 0 unspecified atom stereocenters. The number of aliphatic imine (C=N–C) groups is 1. The number of nitrogen functional groups attached to an aromatic ring is 1. The van der Waals surface area contributed by atoms with Gasteiger partial charge >= 0.3 is 0 Å². The first-order chi connectivity index (χ1) is 15.4. The number of H-pyrrole nitrogens is 1. The molecule has 2 aliphatic rings. The number of fused-ring (bicyclic) bond motifs is 1. The predicted octanol–water partition coefficient (Wildman–Crippen LogP) is 3.69. The number of anilines is 1. The zero-order valence-electron chi connectivity index (χ0n) is 18.7. The number of aromatic nitrogens is 6. The molecule has 1 aromatic carbocycles. The molecule has 0 saturated heterocycles. The lowest BCUT2D eigenvalue weighted by Crippen LogP contribution is -2.41. The average Bonchev–Trinajstić information content (AvgIpc) is 3.26. The number of nitrogens with zero attached hydrogens (tertiary/aromatic N) is 6. The Morgan fingerprint density at radius 1 is 1.09 bits per heavy atom. The van der Waals surface area contributed by atoms with Crippen molar-refractivity contribution in [3.63, 3.8) is 0 Å². The number of rotatable bonds is 4. The highest BCUT2D eigenvalue weighted by molar-refractivity contribution is 6.09. The monoisotopic (exact) mass is 432 g/mol. The van der Waals surface area contributed by atoms with Crippen molar-refractivity contribution in [1.29, 1.82) is 0 Å². The van der Waals surface area contributed by atoms with Crippen LogP contribution in [0.3, 0.4) is 0 Å². The molecule has 2 aromatic heterocycles. The van der Waals surface area contributed by atoms with E-state index in [0.29, 0.717) is 35.0 Å². The van der Waals surface area contributed by atoms with Crippen LogP contribution in [0.1, 0.15) is 68.2 Å². The normalized spacial score (nSPS) is 22.0. The Balaban J connectivity index is 1.32. The third kappa shape index (κ3) is 3.94. The molecule has 9 nitrogen and oxygen atoms in total. The lowest BCUT2D eigenvalue weighted by molar-refractivity contribution is 0.171. The maximum atomic E-state index is 6.17. The molecule has 0 radical (unpaired) electrons. The SMILES string of the molecule is Cc1nc(N)c2c(n1)OC(C)(C)C(c1ccc(C3CCC(Cc4nn[nH]n4)CC3)cc1)=N2. The summed E-state index contributed by atoms with van der Waals surface area (Å²) < 4.78 is 6.17. The first kappa shape index (κ1) is 20.5. The van der Waals surface area contributed by atoms with E-state index in [0.717, 1.165) is 23.5 Å². The molecule has 1 aliphatic heterocycles. The van der Waals surface area contributed by atoms with E-state index in [1.54, 1.807) is 6.92 Å². The van der Waals surface area contributed by atoms with Gasteiger partial charge in [0, 0.05) is 12.0 Å². The fraction of sp³-hybridized carbons (Fsp3) is 0.478. The molecule has 0 spiro atoms. The minimum atomic E-state index is -0.616. The number of tetrazole rings is 1. The fourth-order valence-corrected chi connectivity index (χ4v) is 4.83. The molecule has 0 bridgehead atoms. The highest BCUT2D eigenvalue weighted by atomic mass is 16.5. The maximum Gasteiger partial charge on any atom is 0.246 e. The van der Waals surface area contributed by atoms with Gasteiger partial charge in [0.05, 0.1) is 5.71 Å². The number of hydrogen-bond donors (Lipinski definition) is 2. The summed E-state index contributed by atoms with van der Waals surface area (Å²) in [5.74, 6) is 3.39. The summed E-state index contributed by atoms with van der Waals surface area (Å²) >= 11 is 0. The molecule has 3 aromatic rings. The molecule has 32 heavy (non-hydrogen) atoms. The quantitative estimate of drug-likeness (QED) is 0.643. The number of ether oxygens (including phenoxy) is 1. The summed E-state index contributed by atoms with van der Waals surface area (Å²) in [5.41, 5.74) is 9.22. The van der Waals surface area contributed by atoms with E-state index >= 15 is 0 Å². The second kappa shape index (κ2) is 7.96. The minimum Gasteiger partial charge on any atom is -0.463 e. The van der Waals surface area contributed by atoms with Crippen molar-refractivity contribution >= 4 is 17.2 Å². The second-order valence-electron chi connectivity index (χ2n) is 9.25. The van der Waals surface area contributed by atoms with Crippen molar-refractivity contribution in [3.8, 4) is 5.88 Å². The second-order valence-corrected chi connectivity index (χ2v) is 9.25. The molecule has 1 saturated carbocycles. The van der Waals surface area contributed by atoms with Crippen LogP contribution in [0.2, 0.25) is 0 Å². The van der Waals surface area contributed by atoms with Gasteiger partial charge < -0.3 is 10.5 Å². The van der Waals surface area contributed by atoms with E-state index in [2.05, 4.69) is 54.9 Å². The maximum absolute atomic E-state index is 6.17. The van der Waals surface area contributed by atoms with Gasteiger partial charge in [-0.2, -0.15) is 10.2 Å². The average molecular weight is 433 g/mol. The third-order valence-electron chi connectivity index (χ3n) is 6.50. The topological polar surface area (TPSA) is 128 Å².